The number of fused-ring (bicyclic) bond motifs is 2. The number of hydrogen-bond donors (Lipinski definition) is 0. The number of hydrogen-bond acceptors (Lipinski definition) is 2. The van der Waals surface area contributed by atoms with Crippen LogP contribution in [0.2, 0.25) is 0 Å². The van der Waals surface area contributed by atoms with Crippen molar-refractivity contribution in [1.82, 2.24) is 4.90 Å². The van der Waals surface area contributed by atoms with E-state index in [0.717, 1.165) is 17.9 Å². The van der Waals surface area contributed by atoms with E-state index >= 15 is 0 Å². The van der Waals surface area contributed by atoms with Gasteiger partial charge in [0.15, 0.2) is 0 Å². The summed E-state index contributed by atoms with van der Waals surface area (Å²) in [6.45, 7) is 4.90. The second-order valence-electron chi connectivity index (χ2n) is 6.52. The lowest BCUT2D eigenvalue weighted by atomic mass is 9.93. The van der Waals surface area contributed by atoms with Gasteiger partial charge < -0.3 is 4.90 Å². The molecule has 2 heteroatoms. The Balaban J connectivity index is 1.38. The first-order chi connectivity index (χ1) is 9.40. The predicted octanol–water partition coefficient (Wildman–Crippen LogP) is 2.80. The zero-order chi connectivity index (χ0) is 12.7. The molecule has 0 unspecified atom stereocenters. The van der Waals surface area contributed by atoms with Crippen molar-refractivity contribution < 1.29 is 0 Å². The molecule has 1 aromatic rings. The lowest BCUT2D eigenvalue weighted by Crippen LogP contribution is -2.51. The van der Waals surface area contributed by atoms with E-state index in [-0.39, 0.29) is 0 Å². The van der Waals surface area contributed by atoms with Crippen molar-refractivity contribution in [2.75, 3.05) is 31.1 Å². The quantitative estimate of drug-likeness (QED) is 0.802. The van der Waals surface area contributed by atoms with Crippen LogP contribution in [0.1, 0.15) is 25.7 Å². The highest BCUT2D eigenvalue weighted by Gasteiger charge is 2.42. The van der Waals surface area contributed by atoms with Gasteiger partial charge in [0.25, 0.3) is 0 Å². The second kappa shape index (κ2) is 4.82. The average molecular weight is 255 g/mol. The van der Waals surface area contributed by atoms with Gasteiger partial charge in [0.2, 0.25) is 0 Å². The number of anilines is 1. The zero-order valence-corrected chi connectivity index (χ0v) is 11.6. The van der Waals surface area contributed by atoms with E-state index in [0.29, 0.717) is 0 Å². The first kappa shape index (κ1) is 11.8. The van der Waals surface area contributed by atoms with Crippen LogP contribution in [0.5, 0.6) is 0 Å². The van der Waals surface area contributed by atoms with Crippen molar-refractivity contribution in [2.45, 2.75) is 31.7 Å². The van der Waals surface area contributed by atoms with Crippen LogP contribution in [-0.2, 0) is 0 Å². The Hall–Kier alpha value is -1.02. The molecule has 19 heavy (non-hydrogen) atoms. The predicted molar refractivity (Wildman–Crippen MR) is 78.3 cm³/mol. The Kier molecular flexibility index (Phi) is 2.99. The van der Waals surface area contributed by atoms with Crippen molar-refractivity contribution in [3.8, 4) is 0 Å². The molecule has 0 aromatic heterocycles. The summed E-state index contributed by atoms with van der Waals surface area (Å²) >= 11 is 0. The first-order valence-electron chi connectivity index (χ1n) is 7.85. The lowest BCUT2D eigenvalue weighted by molar-refractivity contribution is 0.135. The molecule has 4 rings (SSSR count). The Morgan fingerprint density at radius 3 is 2.37 bits per heavy atom. The second-order valence-corrected chi connectivity index (χ2v) is 6.52. The molecule has 2 nitrogen and oxygen atoms in total. The number of piperazine rings is 1. The summed E-state index contributed by atoms with van der Waals surface area (Å²) in [5.74, 6) is 2.10. The standard InChI is InChI=1S/C17H23N2/c1-2-4-16(5-3-1)18-8-10-19(11-9-18)17-13-14-6-7-15(17)12-14/h2-5,14-15,17H,6-13H2/t14-,15-,17-/m0/s1. The van der Waals surface area contributed by atoms with Gasteiger partial charge in [-0.25, -0.2) is 0 Å². The van der Waals surface area contributed by atoms with Crippen LogP contribution in [0.3, 0.4) is 0 Å². The molecule has 1 aliphatic heterocycles. The number of rotatable bonds is 2. The third-order valence-electron chi connectivity index (χ3n) is 5.55. The highest BCUT2D eigenvalue weighted by atomic mass is 15.3. The molecule has 101 valence electrons. The minimum absolute atomic E-state index is 0.921. The smallest absolute Gasteiger partial charge is 0.0367 e. The molecule has 0 N–H and O–H groups in total. The minimum Gasteiger partial charge on any atom is -0.369 e. The normalized spacial score (nSPS) is 34.9. The molecule has 1 heterocycles. The molecule has 1 radical (unpaired) electrons. The molecule has 3 fully saturated rings. The maximum absolute atomic E-state index is 3.11. The summed E-state index contributed by atoms with van der Waals surface area (Å²) in [4.78, 5) is 5.31. The SMILES string of the molecule is [c]1ccc(N2CCN([C@H]3C[C@H]4CC[C@H]3C4)CC2)cc1. The molecular formula is C17H23N2. The van der Waals surface area contributed by atoms with Crippen LogP contribution in [-0.4, -0.2) is 37.1 Å². The highest BCUT2D eigenvalue weighted by molar-refractivity contribution is 5.46. The van der Waals surface area contributed by atoms with Crippen molar-refractivity contribution >= 4 is 5.69 Å². The monoisotopic (exact) mass is 255 g/mol. The number of benzene rings is 1. The molecule has 2 bridgehead atoms. The van der Waals surface area contributed by atoms with Crippen molar-refractivity contribution in [1.29, 1.82) is 0 Å². The fourth-order valence-electron chi connectivity index (χ4n) is 4.56. The van der Waals surface area contributed by atoms with E-state index in [9.17, 15) is 0 Å². The van der Waals surface area contributed by atoms with Gasteiger partial charge in [-0.05, 0) is 49.3 Å². The van der Waals surface area contributed by atoms with Crippen LogP contribution < -0.4 is 4.90 Å². The van der Waals surface area contributed by atoms with E-state index in [1.54, 1.807) is 0 Å². The lowest BCUT2D eigenvalue weighted by Gasteiger charge is -2.41. The van der Waals surface area contributed by atoms with Gasteiger partial charge in [-0.15, -0.1) is 0 Å². The zero-order valence-electron chi connectivity index (χ0n) is 11.6. The summed E-state index contributed by atoms with van der Waals surface area (Å²) in [6.07, 6.45) is 6.04. The maximum atomic E-state index is 3.11. The Bertz CT molecular complexity index is 422. The summed E-state index contributed by atoms with van der Waals surface area (Å²) in [5.41, 5.74) is 1.37. The molecular weight excluding hydrogens is 232 g/mol. The van der Waals surface area contributed by atoms with Gasteiger partial charge in [-0.3, -0.25) is 4.90 Å². The Morgan fingerprint density at radius 2 is 1.74 bits per heavy atom. The summed E-state index contributed by atoms with van der Waals surface area (Å²) in [7, 11) is 0. The van der Waals surface area contributed by atoms with Gasteiger partial charge >= 0.3 is 0 Å². The molecule has 1 aromatic carbocycles. The van der Waals surface area contributed by atoms with E-state index in [4.69, 9.17) is 0 Å². The maximum Gasteiger partial charge on any atom is 0.0367 e. The summed E-state index contributed by atoms with van der Waals surface area (Å²) < 4.78 is 0. The van der Waals surface area contributed by atoms with Crippen molar-refractivity contribution in [3.63, 3.8) is 0 Å². The third kappa shape index (κ3) is 2.16. The fourth-order valence-corrected chi connectivity index (χ4v) is 4.56. The molecule has 3 aliphatic rings. The Labute approximate surface area is 116 Å². The van der Waals surface area contributed by atoms with Gasteiger partial charge in [0.05, 0.1) is 0 Å². The van der Waals surface area contributed by atoms with E-state index in [1.807, 2.05) is 12.1 Å². The summed E-state index contributed by atoms with van der Waals surface area (Å²) in [5, 5.41) is 0. The Morgan fingerprint density at radius 1 is 0.947 bits per heavy atom. The third-order valence-corrected chi connectivity index (χ3v) is 5.55. The van der Waals surface area contributed by atoms with Gasteiger partial charge in [0.1, 0.15) is 0 Å². The topological polar surface area (TPSA) is 6.48 Å². The van der Waals surface area contributed by atoms with Crippen molar-refractivity contribution in [3.05, 3.63) is 30.3 Å². The molecule has 2 aliphatic carbocycles. The van der Waals surface area contributed by atoms with Crippen LogP contribution >= 0.6 is 0 Å². The average Bonchev–Trinajstić information content (AvgIpc) is 3.11. The van der Waals surface area contributed by atoms with Crippen LogP contribution in [0.25, 0.3) is 0 Å². The molecule has 3 atom stereocenters. The minimum atomic E-state index is 0.921. The van der Waals surface area contributed by atoms with Crippen LogP contribution in [0, 0.1) is 17.9 Å². The van der Waals surface area contributed by atoms with Crippen LogP contribution in [0.4, 0.5) is 5.69 Å². The van der Waals surface area contributed by atoms with Crippen LogP contribution in [0.15, 0.2) is 24.3 Å². The van der Waals surface area contributed by atoms with Crippen molar-refractivity contribution in [2.24, 2.45) is 11.8 Å². The van der Waals surface area contributed by atoms with E-state index < -0.39 is 0 Å². The highest BCUT2D eigenvalue weighted by Crippen LogP contribution is 2.46. The molecule has 2 saturated carbocycles. The molecule has 0 amide bonds. The summed E-state index contributed by atoms with van der Waals surface area (Å²) in [6, 6.07) is 12.5. The van der Waals surface area contributed by atoms with E-state index in [1.165, 1.54) is 57.5 Å². The largest absolute Gasteiger partial charge is 0.369 e. The fraction of sp³-hybridized carbons (Fsp3) is 0.647. The van der Waals surface area contributed by atoms with Gasteiger partial charge in [-0.1, -0.05) is 18.6 Å². The van der Waals surface area contributed by atoms with E-state index in [2.05, 4.69) is 28.0 Å². The first-order valence-corrected chi connectivity index (χ1v) is 7.85. The number of nitrogens with zero attached hydrogens (tertiary/aromatic N) is 2. The van der Waals surface area contributed by atoms with Gasteiger partial charge in [-0.2, -0.15) is 0 Å². The molecule has 1 saturated heterocycles. The molecule has 0 spiro atoms. The van der Waals surface area contributed by atoms with Gasteiger partial charge in [0, 0.05) is 37.9 Å².